The average Bonchev–Trinajstić information content (AvgIpc) is 3.81. The summed E-state index contributed by atoms with van der Waals surface area (Å²) in [5, 5.41) is 10.7. The van der Waals surface area contributed by atoms with E-state index in [1.807, 2.05) is 22.5 Å². The van der Waals surface area contributed by atoms with Crippen LogP contribution in [0.4, 0.5) is 10.1 Å². The minimum absolute atomic E-state index is 0.0165. The number of aryl methyl sites for hydroxylation is 1. The van der Waals surface area contributed by atoms with Crippen LogP contribution in [0.15, 0.2) is 29.7 Å². The number of fused-ring (bicyclic) bond motifs is 2. The standard InChI is InChI=1S/C59H84FN3O9S/c1-8-57(5)33-48(71-50(67)35-73-42-30-39-18-19-40(31-42)61(39)7)58(6)36(2)21-25-59(26-22-47(65)54(58)59)38(4)55(57)72-49(66)16-14-12-10-9-11-13-15-29-70-56(69)45-34-63-37(3)17-20-43-51(63)44(53(45)68)32-46(60)52(43)62-27-23-41(64)24-28-62/h8,32,34,36-42,48,54-55,64H,1,9-31,33,35H2,2-7H3/t36?,37?,38-,39?,40?,42?,48+,54?,55+,57+,58-,59?/m1/s1. The molecule has 7 aliphatic rings. The number of rotatable bonds is 18. The molecule has 402 valence electrons. The number of aliphatic hydroxyl groups excluding tert-OH is 1. The fourth-order valence-electron chi connectivity index (χ4n) is 15.5. The first-order valence-corrected chi connectivity index (χ1v) is 29.3. The second-order valence-electron chi connectivity index (χ2n) is 24.3. The highest BCUT2D eigenvalue weighted by atomic mass is 32.2. The van der Waals surface area contributed by atoms with Crippen molar-refractivity contribution in [2.45, 2.75) is 211 Å². The lowest BCUT2D eigenvalue weighted by Crippen LogP contribution is -2.63. The van der Waals surface area contributed by atoms with Gasteiger partial charge in [0.2, 0.25) is 5.43 Å². The fraction of sp³-hybridized carbons (Fsp3) is 0.746. The maximum Gasteiger partial charge on any atom is 0.343 e. The van der Waals surface area contributed by atoms with Crippen LogP contribution in [0.2, 0.25) is 0 Å². The lowest BCUT2D eigenvalue weighted by atomic mass is 9.44. The number of thioether (sulfide) groups is 1. The van der Waals surface area contributed by atoms with Gasteiger partial charge in [0.05, 0.1) is 29.7 Å². The first-order chi connectivity index (χ1) is 34.9. The second kappa shape index (κ2) is 22.1. The van der Waals surface area contributed by atoms with Crippen LogP contribution in [-0.4, -0.2) is 106 Å². The van der Waals surface area contributed by atoms with Gasteiger partial charge in [-0.1, -0.05) is 65.9 Å². The number of aromatic nitrogens is 1. The number of ether oxygens (including phenoxy) is 3. The smallest absolute Gasteiger partial charge is 0.343 e. The number of hydrogen-bond donors (Lipinski definition) is 1. The molecule has 2 aromatic rings. The molecule has 1 N–H and O–H groups in total. The third-order valence-corrected chi connectivity index (χ3v) is 21.4. The topological polar surface area (TPSA) is 145 Å². The first-order valence-electron chi connectivity index (χ1n) is 28.3. The van der Waals surface area contributed by atoms with Gasteiger partial charge in [-0.15, -0.1) is 18.3 Å². The Morgan fingerprint density at radius 1 is 0.890 bits per heavy atom. The lowest BCUT2D eigenvalue weighted by Gasteiger charge is -2.62. The third kappa shape index (κ3) is 10.3. The quantitative estimate of drug-likeness (QED) is 0.0657. The van der Waals surface area contributed by atoms with E-state index in [0.717, 1.165) is 76.2 Å². The van der Waals surface area contributed by atoms with E-state index >= 15 is 4.39 Å². The van der Waals surface area contributed by atoms with Crippen LogP contribution >= 0.6 is 11.8 Å². The number of unbranched alkanes of at least 4 members (excludes halogenated alkanes) is 6. The SMILES string of the molecule is C=C[C@@]1(C)C[C@H](OC(=O)CSC2CC3CCC(C2)N3C)[C@@]2(C)C(C)CCC3(CCC(=O)C32)[C@H](C)[C@@H]1OC(=O)CCCCCCCCCOC(=O)c1cn2c3c(c(N4CCC(O)CC4)c(F)cc3c1=O)CCC2C. The van der Waals surface area contributed by atoms with Crippen molar-refractivity contribution in [3.8, 4) is 0 Å². The summed E-state index contributed by atoms with van der Waals surface area (Å²) in [5.74, 6) is -1.27. The van der Waals surface area contributed by atoms with Gasteiger partial charge in [-0.25, -0.2) is 9.18 Å². The van der Waals surface area contributed by atoms with Crippen molar-refractivity contribution >= 4 is 52.0 Å². The Hall–Kier alpha value is -3.75. The third-order valence-electron chi connectivity index (χ3n) is 20.2. The number of piperidine rings is 2. The molecule has 0 amide bonds. The van der Waals surface area contributed by atoms with E-state index in [1.54, 1.807) is 18.0 Å². The molecule has 12 nitrogen and oxygen atoms in total. The lowest BCUT2D eigenvalue weighted by molar-refractivity contribution is -0.212. The summed E-state index contributed by atoms with van der Waals surface area (Å²) in [5.41, 5.74) is -0.222. The predicted octanol–water partition coefficient (Wildman–Crippen LogP) is 10.7. The Labute approximate surface area is 437 Å². The normalized spacial score (nSPS) is 34.3. The number of ketones is 1. The van der Waals surface area contributed by atoms with E-state index in [-0.39, 0.29) is 70.6 Å². The van der Waals surface area contributed by atoms with Gasteiger partial charge in [0, 0.05) is 89.1 Å². The molecule has 3 aliphatic carbocycles. The maximum atomic E-state index is 15.8. The number of benzene rings is 1. The van der Waals surface area contributed by atoms with Crippen LogP contribution in [0.3, 0.4) is 0 Å². The van der Waals surface area contributed by atoms with Gasteiger partial charge < -0.3 is 33.7 Å². The van der Waals surface area contributed by atoms with E-state index in [0.29, 0.717) is 98.7 Å². The number of hydrogen-bond acceptors (Lipinski definition) is 12. The molecule has 4 bridgehead atoms. The molecule has 1 aromatic carbocycles. The monoisotopic (exact) mass is 1030 g/mol. The summed E-state index contributed by atoms with van der Waals surface area (Å²) < 4.78 is 36.7. The second-order valence-corrected chi connectivity index (χ2v) is 25.6. The highest BCUT2D eigenvalue weighted by Crippen LogP contribution is 2.68. The Morgan fingerprint density at radius 2 is 1.58 bits per heavy atom. The van der Waals surface area contributed by atoms with E-state index in [2.05, 4.69) is 46.2 Å². The molecule has 1 aromatic heterocycles. The number of aliphatic hydroxyl groups is 1. The Balaban J connectivity index is 0.751. The van der Waals surface area contributed by atoms with Crippen molar-refractivity contribution in [1.82, 2.24) is 9.47 Å². The molecule has 0 radical (unpaired) electrons. The summed E-state index contributed by atoms with van der Waals surface area (Å²) in [6.45, 7) is 16.4. The van der Waals surface area contributed by atoms with Gasteiger partial charge in [-0.3, -0.25) is 19.2 Å². The first kappa shape index (κ1) is 54.1. The molecule has 3 saturated carbocycles. The summed E-state index contributed by atoms with van der Waals surface area (Å²) in [6, 6.07) is 2.49. The number of carbonyl (C=O) groups is 4. The van der Waals surface area contributed by atoms with Gasteiger partial charge in [-0.2, -0.15) is 0 Å². The van der Waals surface area contributed by atoms with E-state index < -0.39 is 40.3 Å². The van der Waals surface area contributed by atoms with Crippen LogP contribution in [0.5, 0.6) is 0 Å². The number of pyridine rings is 1. The number of halogens is 1. The van der Waals surface area contributed by atoms with Crippen molar-refractivity contribution in [3.63, 3.8) is 0 Å². The summed E-state index contributed by atoms with van der Waals surface area (Å²) in [7, 11) is 2.23. The highest BCUT2D eigenvalue weighted by molar-refractivity contribution is 8.00. The molecule has 11 atom stereocenters. The minimum atomic E-state index is -0.691. The molecule has 3 saturated heterocycles. The number of nitrogens with zero attached hydrogens (tertiary/aromatic N) is 3. The maximum absolute atomic E-state index is 15.8. The molecule has 9 rings (SSSR count). The van der Waals surface area contributed by atoms with Crippen LogP contribution in [0.25, 0.3) is 10.9 Å². The Bertz CT molecular complexity index is 2460. The van der Waals surface area contributed by atoms with Crippen LogP contribution < -0.4 is 10.3 Å². The molecule has 6 unspecified atom stereocenters. The Kier molecular flexibility index (Phi) is 16.3. The molecule has 4 aliphatic heterocycles. The molecule has 6 fully saturated rings. The van der Waals surface area contributed by atoms with Crippen molar-refractivity contribution in [2.75, 3.05) is 37.4 Å². The average molecular weight is 1030 g/mol. The zero-order chi connectivity index (χ0) is 52.0. The molecule has 5 heterocycles. The predicted molar refractivity (Wildman–Crippen MR) is 284 cm³/mol. The molecular weight excluding hydrogens is 946 g/mol. The minimum Gasteiger partial charge on any atom is -0.462 e. The number of anilines is 1. The zero-order valence-electron chi connectivity index (χ0n) is 44.7. The van der Waals surface area contributed by atoms with E-state index in [4.69, 9.17) is 14.2 Å². The highest BCUT2D eigenvalue weighted by Gasteiger charge is 2.69. The zero-order valence-corrected chi connectivity index (χ0v) is 45.5. The summed E-state index contributed by atoms with van der Waals surface area (Å²) in [6.07, 6.45) is 18.9. The molecule has 73 heavy (non-hydrogen) atoms. The van der Waals surface area contributed by atoms with Gasteiger partial charge in [0.25, 0.3) is 0 Å². The van der Waals surface area contributed by atoms with Crippen molar-refractivity contribution in [3.05, 3.63) is 52.1 Å². The molecule has 0 spiro atoms. The van der Waals surface area contributed by atoms with Crippen molar-refractivity contribution in [2.24, 2.45) is 34.0 Å². The van der Waals surface area contributed by atoms with Gasteiger partial charge in [-0.05, 0) is 121 Å². The molecular formula is C59H84FN3O9S. The Morgan fingerprint density at radius 3 is 2.27 bits per heavy atom. The van der Waals surface area contributed by atoms with Crippen LogP contribution in [-0.2, 0) is 35.0 Å². The van der Waals surface area contributed by atoms with Gasteiger partial charge in [0.15, 0.2) is 0 Å². The van der Waals surface area contributed by atoms with Crippen molar-refractivity contribution < 1.29 is 42.9 Å². The number of Topliss-reactive ketones (excluding diaryl/α,β-unsaturated/α-hetero) is 1. The summed E-state index contributed by atoms with van der Waals surface area (Å²) in [4.78, 5) is 73.6. The van der Waals surface area contributed by atoms with E-state index in [1.165, 1.54) is 18.9 Å². The number of esters is 3. The largest absolute Gasteiger partial charge is 0.462 e. The fourth-order valence-corrected chi connectivity index (χ4v) is 16.7. The number of carbonyl (C=O) groups excluding carboxylic acids is 4. The molecule has 14 heteroatoms. The van der Waals surface area contributed by atoms with Crippen LogP contribution in [0, 0.1) is 39.8 Å². The van der Waals surface area contributed by atoms with Gasteiger partial charge >= 0.3 is 17.9 Å². The summed E-state index contributed by atoms with van der Waals surface area (Å²) >= 11 is 1.74. The van der Waals surface area contributed by atoms with E-state index in [9.17, 15) is 29.1 Å². The van der Waals surface area contributed by atoms with Crippen LogP contribution in [0.1, 0.15) is 185 Å². The van der Waals surface area contributed by atoms with Crippen molar-refractivity contribution in [1.29, 1.82) is 0 Å². The van der Waals surface area contributed by atoms with Gasteiger partial charge in [0.1, 0.15) is 29.4 Å².